The highest BCUT2D eigenvalue weighted by molar-refractivity contribution is 5.96. The Morgan fingerprint density at radius 2 is 2.33 bits per heavy atom. The summed E-state index contributed by atoms with van der Waals surface area (Å²) in [7, 11) is 0. The average Bonchev–Trinajstić information content (AvgIpc) is 2.80. The molecule has 94 valence electrons. The third kappa shape index (κ3) is 2.36. The molecule has 0 aromatic heterocycles. The van der Waals surface area contributed by atoms with E-state index in [9.17, 15) is 4.79 Å². The van der Waals surface area contributed by atoms with Crippen molar-refractivity contribution in [2.24, 2.45) is 5.41 Å². The Kier molecular flexibility index (Phi) is 3.35. The number of benzene rings is 1. The lowest BCUT2D eigenvalue weighted by Gasteiger charge is -2.22. The van der Waals surface area contributed by atoms with Crippen LogP contribution in [0.4, 0.5) is 5.69 Å². The van der Waals surface area contributed by atoms with Crippen LogP contribution in [0.25, 0.3) is 0 Å². The van der Waals surface area contributed by atoms with Crippen molar-refractivity contribution in [3.63, 3.8) is 0 Å². The maximum Gasteiger partial charge on any atom is 0.231 e. The van der Waals surface area contributed by atoms with Crippen molar-refractivity contribution < 1.29 is 4.79 Å². The fraction of sp³-hybridized carbons (Fsp3) is 0.429. The summed E-state index contributed by atoms with van der Waals surface area (Å²) in [5, 5.41) is 15.0. The van der Waals surface area contributed by atoms with E-state index in [1.54, 1.807) is 12.1 Å². The second kappa shape index (κ2) is 4.79. The molecule has 1 amide bonds. The zero-order valence-corrected chi connectivity index (χ0v) is 10.7. The van der Waals surface area contributed by atoms with E-state index in [-0.39, 0.29) is 11.3 Å². The first kappa shape index (κ1) is 12.6. The molecule has 0 aliphatic carbocycles. The van der Waals surface area contributed by atoms with Gasteiger partial charge in [0.15, 0.2) is 0 Å². The Hall–Kier alpha value is -1.86. The number of nitriles is 1. The van der Waals surface area contributed by atoms with Gasteiger partial charge in [-0.3, -0.25) is 4.79 Å². The fourth-order valence-corrected chi connectivity index (χ4v) is 2.11. The van der Waals surface area contributed by atoms with Crippen LogP contribution in [0.5, 0.6) is 0 Å². The van der Waals surface area contributed by atoms with Crippen molar-refractivity contribution >= 4 is 11.6 Å². The maximum atomic E-state index is 12.3. The number of amides is 1. The van der Waals surface area contributed by atoms with Gasteiger partial charge in [-0.2, -0.15) is 5.26 Å². The van der Waals surface area contributed by atoms with E-state index in [0.717, 1.165) is 24.2 Å². The minimum Gasteiger partial charge on any atom is -0.325 e. The molecule has 1 fully saturated rings. The minimum atomic E-state index is -0.352. The van der Waals surface area contributed by atoms with Gasteiger partial charge in [-0.25, -0.2) is 0 Å². The Bertz CT molecular complexity index is 510. The first-order valence-electron chi connectivity index (χ1n) is 6.08. The Morgan fingerprint density at radius 3 is 2.94 bits per heavy atom. The number of rotatable bonds is 2. The summed E-state index contributed by atoms with van der Waals surface area (Å²) < 4.78 is 0. The van der Waals surface area contributed by atoms with Gasteiger partial charge in [-0.1, -0.05) is 6.07 Å². The van der Waals surface area contributed by atoms with Crippen LogP contribution in [-0.4, -0.2) is 19.0 Å². The highest BCUT2D eigenvalue weighted by Gasteiger charge is 2.36. The molecule has 1 heterocycles. The summed E-state index contributed by atoms with van der Waals surface area (Å²) in [5.41, 5.74) is 1.91. The predicted octanol–water partition coefficient (Wildman–Crippen LogP) is 1.80. The van der Waals surface area contributed by atoms with Gasteiger partial charge in [-0.15, -0.1) is 0 Å². The number of anilines is 1. The number of nitrogens with one attached hydrogen (secondary N) is 2. The average molecular weight is 243 g/mol. The molecule has 4 nitrogen and oxygen atoms in total. The summed E-state index contributed by atoms with van der Waals surface area (Å²) in [6, 6.07) is 7.41. The SMILES string of the molecule is Cc1ccc(C#N)cc1NC(=O)C1(C)CCNC1. The summed E-state index contributed by atoms with van der Waals surface area (Å²) >= 11 is 0. The van der Waals surface area contributed by atoms with Gasteiger partial charge in [0, 0.05) is 12.2 Å². The molecule has 1 aromatic carbocycles. The molecule has 1 saturated heterocycles. The van der Waals surface area contributed by atoms with Gasteiger partial charge >= 0.3 is 0 Å². The van der Waals surface area contributed by atoms with E-state index in [1.165, 1.54) is 0 Å². The van der Waals surface area contributed by atoms with Crippen LogP contribution in [0.2, 0.25) is 0 Å². The Balaban J connectivity index is 2.19. The molecule has 0 radical (unpaired) electrons. The van der Waals surface area contributed by atoms with E-state index in [0.29, 0.717) is 12.1 Å². The predicted molar refractivity (Wildman–Crippen MR) is 70.1 cm³/mol. The Labute approximate surface area is 107 Å². The van der Waals surface area contributed by atoms with Gasteiger partial charge in [-0.05, 0) is 44.5 Å². The normalized spacial score (nSPS) is 22.5. The number of nitrogens with zero attached hydrogens (tertiary/aromatic N) is 1. The molecule has 1 aromatic rings. The molecule has 1 aliphatic heterocycles. The number of hydrogen-bond acceptors (Lipinski definition) is 3. The van der Waals surface area contributed by atoms with E-state index < -0.39 is 0 Å². The molecule has 0 bridgehead atoms. The molecule has 18 heavy (non-hydrogen) atoms. The number of carbonyl (C=O) groups excluding carboxylic acids is 1. The largest absolute Gasteiger partial charge is 0.325 e. The molecule has 2 rings (SSSR count). The van der Waals surface area contributed by atoms with Crippen LogP contribution in [0, 0.1) is 23.7 Å². The third-order valence-electron chi connectivity index (χ3n) is 3.53. The standard InChI is InChI=1S/C14H17N3O/c1-10-3-4-11(8-15)7-12(10)17-13(18)14(2)5-6-16-9-14/h3-4,7,16H,5-6,9H2,1-2H3,(H,17,18). The highest BCUT2D eigenvalue weighted by Crippen LogP contribution is 2.27. The van der Waals surface area contributed by atoms with E-state index in [4.69, 9.17) is 5.26 Å². The van der Waals surface area contributed by atoms with Crippen LogP contribution >= 0.6 is 0 Å². The van der Waals surface area contributed by atoms with Crippen molar-refractivity contribution in [2.75, 3.05) is 18.4 Å². The molecular formula is C14H17N3O. The molecule has 0 saturated carbocycles. The Morgan fingerprint density at radius 1 is 1.56 bits per heavy atom. The lowest BCUT2D eigenvalue weighted by molar-refractivity contribution is -0.123. The van der Waals surface area contributed by atoms with Gasteiger partial charge in [0.05, 0.1) is 17.0 Å². The van der Waals surface area contributed by atoms with Crippen LogP contribution in [-0.2, 0) is 4.79 Å². The molecular weight excluding hydrogens is 226 g/mol. The van der Waals surface area contributed by atoms with Crippen molar-refractivity contribution in [1.29, 1.82) is 5.26 Å². The highest BCUT2D eigenvalue weighted by atomic mass is 16.2. The number of aryl methyl sites for hydroxylation is 1. The molecule has 2 N–H and O–H groups in total. The molecule has 4 heteroatoms. The fourth-order valence-electron chi connectivity index (χ4n) is 2.11. The summed E-state index contributed by atoms with van der Waals surface area (Å²) in [5.74, 6) is 0.0192. The van der Waals surface area contributed by atoms with E-state index in [1.807, 2.05) is 19.9 Å². The maximum absolute atomic E-state index is 12.3. The van der Waals surface area contributed by atoms with Crippen LogP contribution in [0.15, 0.2) is 18.2 Å². The second-order valence-electron chi connectivity index (χ2n) is 5.08. The van der Waals surface area contributed by atoms with E-state index in [2.05, 4.69) is 16.7 Å². The minimum absolute atomic E-state index is 0.0192. The molecule has 1 atom stereocenters. The zero-order chi connectivity index (χ0) is 13.2. The lowest BCUT2D eigenvalue weighted by atomic mass is 9.88. The van der Waals surface area contributed by atoms with Crippen LogP contribution in [0.3, 0.4) is 0 Å². The van der Waals surface area contributed by atoms with E-state index >= 15 is 0 Å². The van der Waals surface area contributed by atoms with Gasteiger partial charge in [0.1, 0.15) is 0 Å². The summed E-state index contributed by atoms with van der Waals surface area (Å²) in [6.07, 6.45) is 0.843. The number of carbonyl (C=O) groups is 1. The number of hydrogen-bond donors (Lipinski definition) is 2. The van der Waals surface area contributed by atoms with Crippen LogP contribution in [0.1, 0.15) is 24.5 Å². The monoisotopic (exact) mass is 243 g/mol. The lowest BCUT2D eigenvalue weighted by Crippen LogP contribution is -2.35. The smallest absolute Gasteiger partial charge is 0.231 e. The topological polar surface area (TPSA) is 64.9 Å². The summed E-state index contributed by atoms with van der Waals surface area (Å²) in [4.78, 5) is 12.3. The summed E-state index contributed by atoms with van der Waals surface area (Å²) in [6.45, 7) is 5.47. The van der Waals surface area contributed by atoms with Crippen molar-refractivity contribution in [3.05, 3.63) is 29.3 Å². The van der Waals surface area contributed by atoms with Crippen molar-refractivity contribution in [3.8, 4) is 6.07 Å². The first-order chi connectivity index (χ1) is 8.55. The second-order valence-corrected chi connectivity index (χ2v) is 5.08. The van der Waals surface area contributed by atoms with Crippen LogP contribution < -0.4 is 10.6 Å². The molecule has 0 spiro atoms. The third-order valence-corrected chi connectivity index (χ3v) is 3.53. The van der Waals surface area contributed by atoms with Crippen molar-refractivity contribution in [1.82, 2.24) is 5.32 Å². The quantitative estimate of drug-likeness (QED) is 0.832. The van der Waals surface area contributed by atoms with Crippen molar-refractivity contribution in [2.45, 2.75) is 20.3 Å². The van der Waals surface area contributed by atoms with Gasteiger partial charge in [0.2, 0.25) is 5.91 Å². The molecule has 1 aliphatic rings. The first-order valence-corrected chi connectivity index (χ1v) is 6.08. The molecule has 1 unspecified atom stereocenters. The van der Waals surface area contributed by atoms with Gasteiger partial charge < -0.3 is 10.6 Å². The van der Waals surface area contributed by atoms with Gasteiger partial charge in [0.25, 0.3) is 0 Å². The zero-order valence-electron chi connectivity index (χ0n) is 10.7.